The van der Waals surface area contributed by atoms with Crippen LogP contribution >= 0.6 is 0 Å². The Morgan fingerprint density at radius 2 is 1.85 bits per heavy atom. The van der Waals surface area contributed by atoms with E-state index in [1.54, 1.807) is 12.1 Å². The minimum atomic E-state index is -0.166. The summed E-state index contributed by atoms with van der Waals surface area (Å²) in [5.74, 6) is 0.692. The lowest BCUT2D eigenvalue weighted by molar-refractivity contribution is 0.216. The summed E-state index contributed by atoms with van der Waals surface area (Å²) in [6.45, 7) is 0.876. The summed E-state index contributed by atoms with van der Waals surface area (Å²) in [5.41, 5.74) is 1.01. The summed E-state index contributed by atoms with van der Waals surface area (Å²) < 4.78 is 19.1. The molecule has 0 saturated heterocycles. The quantitative estimate of drug-likeness (QED) is 0.906. The fraction of sp³-hybridized carbons (Fsp3) is 0.647. The summed E-state index contributed by atoms with van der Waals surface area (Å²) in [7, 11) is 0. The number of ether oxygens (including phenoxy) is 1. The van der Waals surface area contributed by atoms with Crippen molar-refractivity contribution < 1.29 is 9.13 Å². The molecule has 3 rings (SSSR count). The molecule has 1 aliphatic carbocycles. The zero-order valence-electron chi connectivity index (χ0n) is 12.0. The second-order valence-corrected chi connectivity index (χ2v) is 6.15. The molecule has 1 aromatic carbocycles. The van der Waals surface area contributed by atoms with Gasteiger partial charge in [-0.25, -0.2) is 4.39 Å². The van der Waals surface area contributed by atoms with Crippen LogP contribution in [0.3, 0.4) is 0 Å². The van der Waals surface area contributed by atoms with Gasteiger partial charge >= 0.3 is 0 Å². The Balaban J connectivity index is 1.48. The van der Waals surface area contributed by atoms with Crippen molar-refractivity contribution in [3.8, 4) is 5.75 Å². The van der Waals surface area contributed by atoms with E-state index in [-0.39, 0.29) is 11.9 Å². The summed E-state index contributed by atoms with van der Waals surface area (Å²) in [4.78, 5) is 0. The van der Waals surface area contributed by atoms with Crippen molar-refractivity contribution in [3.63, 3.8) is 0 Å². The van der Waals surface area contributed by atoms with E-state index in [1.165, 1.54) is 51.0 Å². The molecule has 1 fully saturated rings. The van der Waals surface area contributed by atoms with Gasteiger partial charge in [-0.1, -0.05) is 32.1 Å². The maximum atomic E-state index is 13.2. The third kappa shape index (κ3) is 3.51. The zero-order valence-corrected chi connectivity index (χ0v) is 12.0. The molecular formula is C17H24FNO. The lowest BCUT2D eigenvalue weighted by atomic mass is 9.96. The smallest absolute Gasteiger partial charge is 0.123 e. The second-order valence-electron chi connectivity index (χ2n) is 6.15. The first-order valence-electron chi connectivity index (χ1n) is 8.00. The standard InChI is InChI=1S/C17H24FNO/c18-14-8-9-17-13(10-14)11-16(20-17)12-19-15-6-4-2-1-3-5-7-15/h8-10,15-16,19H,1-7,11-12H2. The van der Waals surface area contributed by atoms with E-state index in [0.717, 1.165) is 24.3 Å². The molecule has 1 aliphatic heterocycles. The van der Waals surface area contributed by atoms with Gasteiger partial charge in [-0.2, -0.15) is 0 Å². The van der Waals surface area contributed by atoms with Crippen LogP contribution in [0.2, 0.25) is 0 Å². The van der Waals surface area contributed by atoms with Gasteiger partial charge in [0.15, 0.2) is 0 Å². The first-order valence-corrected chi connectivity index (χ1v) is 8.00. The Bertz CT molecular complexity index is 441. The van der Waals surface area contributed by atoms with Crippen LogP contribution < -0.4 is 10.1 Å². The zero-order chi connectivity index (χ0) is 13.8. The predicted octanol–water partition coefficient (Wildman–Crippen LogP) is 3.83. The van der Waals surface area contributed by atoms with Gasteiger partial charge in [0.2, 0.25) is 0 Å². The maximum Gasteiger partial charge on any atom is 0.123 e. The van der Waals surface area contributed by atoms with Gasteiger partial charge in [-0.05, 0) is 31.0 Å². The number of fused-ring (bicyclic) bond motifs is 1. The van der Waals surface area contributed by atoms with Gasteiger partial charge in [0.1, 0.15) is 17.7 Å². The molecule has 0 spiro atoms. The Morgan fingerprint density at radius 1 is 1.10 bits per heavy atom. The molecule has 0 amide bonds. The van der Waals surface area contributed by atoms with Crippen molar-refractivity contribution in [2.75, 3.05) is 6.54 Å². The van der Waals surface area contributed by atoms with Crippen LogP contribution in [0.25, 0.3) is 0 Å². The molecule has 1 N–H and O–H groups in total. The fourth-order valence-corrected chi connectivity index (χ4v) is 3.36. The molecule has 2 nitrogen and oxygen atoms in total. The average molecular weight is 277 g/mol. The topological polar surface area (TPSA) is 21.3 Å². The van der Waals surface area contributed by atoms with Gasteiger partial charge < -0.3 is 10.1 Å². The number of benzene rings is 1. The van der Waals surface area contributed by atoms with Gasteiger partial charge in [-0.3, -0.25) is 0 Å². The van der Waals surface area contributed by atoms with Gasteiger partial charge in [0.25, 0.3) is 0 Å². The lowest BCUT2D eigenvalue weighted by Crippen LogP contribution is -2.37. The summed E-state index contributed by atoms with van der Waals surface area (Å²) >= 11 is 0. The number of halogens is 1. The van der Waals surface area contributed by atoms with Crippen LogP contribution in [0, 0.1) is 5.82 Å². The molecule has 1 atom stereocenters. The van der Waals surface area contributed by atoms with Crippen molar-refractivity contribution in [2.45, 2.75) is 63.5 Å². The molecule has 0 bridgehead atoms. The average Bonchev–Trinajstić information content (AvgIpc) is 2.79. The monoisotopic (exact) mass is 277 g/mol. The lowest BCUT2D eigenvalue weighted by Gasteiger charge is -2.22. The van der Waals surface area contributed by atoms with Crippen LogP contribution in [0.1, 0.15) is 50.5 Å². The highest BCUT2D eigenvalue weighted by atomic mass is 19.1. The van der Waals surface area contributed by atoms with Crippen LogP contribution in [-0.4, -0.2) is 18.7 Å². The van der Waals surface area contributed by atoms with E-state index in [0.29, 0.717) is 6.04 Å². The molecule has 1 unspecified atom stereocenters. The minimum Gasteiger partial charge on any atom is -0.488 e. The molecule has 3 heteroatoms. The van der Waals surface area contributed by atoms with E-state index in [1.807, 2.05) is 0 Å². The van der Waals surface area contributed by atoms with Crippen molar-refractivity contribution in [3.05, 3.63) is 29.6 Å². The molecule has 20 heavy (non-hydrogen) atoms. The first kappa shape index (κ1) is 13.9. The van der Waals surface area contributed by atoms with Gasteiger partial charge in [-0.15, -0.1) is 0 Å². The molecule has 2 aliphatic rings. The molecular weight excluding hydrogens is 253 g/mol. The molecule has 1 saturated carbocycles. The first-order chi connectivity index (χ1) is 9.81. The number of hydrogen-bond acceptors (Lipinski definition) is 2. The highest BCUT2D eigenvalue weighted by Crippen LogP contribution is 2.29. The second kappa shape index (κ2) is 6.57. The van der Waals surface area contributed by atoms with E-state index >= 15 is 0 Å². The number of rotatable bonds is 3. The highest BCUT2D eigenvalue weighted by Gasteiger charge is 2.24. The summed E-state index contributed by atoms with van der Waals surface area (Å²) in [6.07, 6.45) is 10.4. The molecule has 0 aromatic heterocycles. The Morgan fingerprint density at radius 3 is 2.65 bits per heavy atom. The van der Waals surface area contributed by atoms with E-state index < -0.39 is 0 Å². The fourth-order valence-electron chi connectivity index (χ4n) is 3.36. The predicted molar refractivity (Wildman–Crippen MR) is 78.6 cm³/mol. The third-order valence-corrected chi connectivity index (χ3v) is 4.50. The van der Waals surface area contributed by atoms with Crippen molar-refractivity contribution in [1.82, 2.24) is 5.32 Å². The molecule has 110 valence electrons. The molecule has 0 radical (unpaired) electrons. The minimum absolute atomic E-state index is 0.164. The Kier molecular flexibility index (Phi) is 4.56. The summed E-state index contributed by atoms with van der Waals surface area (Å²) in [5, 5.41) is 3.66. The van der Waals surface area contributed by atoms with E-state index in [4.69, 9.17) is 4.74 Å². The molecule has 1 heterocycles. The largest absolute Gasteiger partial charge is 0.488 e. The van der Waals surface area contributed by atoms with E-state index in [2.05, 4.69) is 5.32 Å². The number of nitrogens with one attached hydrogen (secondary N) is 1. The third-order valence-electron chi connectivity index (χ3n) is 4.50. The van der Waals surface area contributed by atoms with Crippen molar-refractivity contribution >= 4 is 0 Å². The van der Waals surface area contributed by atoms with Crippen LogP contribution in [0.5, 0.6) is 5.75 Å². The van der Waals surface area contributed by atoms with Crippen LogP contribution in [0.4, 0.5) is 4.39 Å². The maximum absolute atomic E-state index is 13.2. The van der Waals surface area contributed by atoms with Gasteiger partial charge in [0.05, 0.1) is 0 Å². The van der Waals surface area contributed by atoms with Crippen LogP contribution in [-0.2, 0) is 6.42 Å². The summed E-state index contributed by atoms with van der Waals surface area (Å²) in [6, 6.07) is 5.47. The SMILES string of the molecule is Fc1ccc2c(c1)CC(CNC1CCCCCCC1)O2. The Labute approximate surface area is 120 Å². The molecule has 1 aromatic rings. The normalized spacial score (nSPS) is 23.8. The number of hydrogen-bond donors (Lipinski definition) is 1. The van der Waals surface area contributed by atoms with E-state index in [9.17, 15) is 4.39 Å². The highest BCUT2D eigenvalue weighted by molar-refractivity contribution is 5.37. The van der Waals surface area contributed by atoms with Gasteiger partial charge in [0, 0.05) is 24.6 Å². The Hall–Kier alpha value is -1.09. The van der Waals surface area contributed by atoms with Crippen LogP contribution in [0.15, 0.2) is 18.2 Å². The van der Waals surface area contributed by atoms with Crippen molar-refractivity contribution in [2.24, 2.45) is 0 Å². The van der Waals surface area contributed by atoms with Crippen molar-refractivity contribution in [1.29, 1.82) is 0 Å².